The van der Waals surface area contributed by atoms with Crippen LogP contribution < -0.4 is 5.32 Å². The third-order valence-electron chi connectivity index (χ3n) is 3.09. The first-order valence-corrected chi connectivity index (χ1v) is 7.30. The molecule has 1 atom stereocenters. The lowest BCUT2D eigenvalue weighted by Gasteiger charge is -2.26. The molecule has 1 aromatic rings. The van der Waals surface area contributed by atoms with Crippen LogP contribution in [0.1, 0.15) is 52.8 Å². The molecule has 19 heavy (non-hydrogen) atoms. The molecule has 0 aliphatic heterocycles. The Morgan fingerprint density at radius 3 is 2.58 bits per heavy atom. The Hall–Kier alpha value is -0.580. The molecule has 2 N–H and O–H groups in total. The molecule has 4 nitrogen and oxygen atoms in total. The average molecular weight is 288 g/mol. The van der Waals surface area contributed by atoms with Crippen LogP contribution in [0, 0.1) is 5.92 Å². The Morgan fingerprint density at radius 2 is 2.05 bits per heavy atom. The zero-order valence-electron chi connectivity index (χ0n) is 12.6. The molecule has 0 fully saturated rings. The quantitative estimate of drug-likeness (QED) is 0.758. The van der Waals surface area contributed by atoms with Gasteiger partial charge in [-0.25, -0.2) is 0 Å². The molecule has 0 amide bonds. The summed E-state index contributed by atoms with van der Waals surface area (Å²) in [4.78, 5) is 0. The Morgan fingerprint density at radius 1 is 1.42 bits per heavy atom. The monoisotopic (exact) mass is 287 g/mol. The van der Waals surface area contributed by atoms with Gasteiger partial charge in [0.25, 0.3) is 0 Å². The van der Waals surface area contributed by atoms with E-state index in [1.54, 1.807) is 17.8 Å². The van der Waals surface area contributed by atoms with Crippen LogP contribution in [0.5, 0.6) is 0 Å². The van der Waals surface area contributed by atoms with E-state index < -0.39 is 5.60 Å². The summed E-state index contributed by atoms with van der Waals surface area (Å²) in [5.74, 6) is 0.606. The van der Waals surface area contributed by atoms with E-state index in [0.717, 1.165) is 13.1 Å². The zero-order chi connectivity index (χ0) is 14.6. The molecule has 0 saturated heterocycles. The predicted octanol–water partition coefficient (Wildman–Crippen LogP) is 2.96. The van der Waals surface area contributed by atoms with Crippen molar-refractivity contribution in [3.05, 3.63) is 16.9 Å². The van der Waals surface area contributed by atoms with Crippen molar-refractivity contribution >= 4 is 11.6 Å². The second-order valence-corrected chi connectivity index (χ2v) is 6.41. The Kier molecular flexibility index (Phi) is 5.83. The highest BCUT2D eigenvalue weighted by Gasteiger charge is 2.30. The molecule has 1 unspecified atom stereocenters. The fourth-order valence-corrected chi connectivity index (χ4v) is 2.41. The minimum atomic E-state index is -0.970. The first-order chi connectivity index (χ1) is 8.75. The maximum atomic E-state index is 10.7. The highest BCUT2D eigenvalue weighted by Crippen LogP contribution is 2.32. The Bertz CT molecular complexity index is 399. The van der Waals surface area contributed by atoms with Crippen molar-refractivity contribution in [2.45, 2.75) is 52.7 Å². The normalized spacial score (nSPS) is 15.2. The lowest BCUT2D eigenvalue weighted by atomic mass is 9.97. The number of hydrogen-bond donors (Lipinski definition) is 2. The van der Waals surface area contributed by atoms with Crippen molar-refractivity contribution in [2.75, 3.05) is 13.1 Å². The molecule has 0 aliphatic rings. The van der Waals surface area contributed by atoms with Crippen LogP contribution in [0.25, 0.3) is 0 Å². The van der Waals surface area contributed by atoms with Crippen molar-refractivity contribution < 1.29 is 5.11 Å². The van der Waals surface area contributed by atoms with E-state index in [1.165, 1.54) is 0 Å². The molecule has 1 rings (SSSR count). The SMILES string of the molecule is CC(C)CNCCC(C)(O)c1c(Cl)cnn1C(C)C. The lowest BCUT2D eigenvalue weighted by molar-refractivity contribution is 0.0374. The molecule has 5 heteroatoms. The molecule has 0 aromatic carbocycles. The number of nitrogens with zero attached hydrogens (tertiary/aromatic N) is 2. The number of halogens is 1. The van der Waals surface area contributed by atoms with Gasteiger partial charge in [-0.15, -0.1) is 0 Å². The molecule has 0 spiro atoms. The molecule has 0 radical (unpaired) electrons. The van der Waals surface area contributed by atoms with Gasteiger partial charge in [0, 0.05) is 6.04 Å². The van der Waals surface area contributed by atoms with Gasteiger partial charge in [-0.1, -0.05) is 25.4 Å². The van der Waals surface area contributed by atoms with Gasteiger partial charge >= 0.3 is 0 Å². The maximum Gasteiger partial charge on any atom is 0.106 e. The maximum absolute atomic E-state index is 10.7. The van der Waals surface area contributed by atoms with Crippen molar-refractivity contribution in [3.63, 3.8) is 0 Å². The van der Waals surface area contributed by atoms with Crippen molar-refractivity contribution in [3.8, 4) is 0 Å². The van der Waals surface area contributed by atoms with Gasteiger partial charge in [0.2, 0.25) is 0 Å². The molecule has 0 aliphatic carbocycles. The number of hydrogen-bond acceptors (Lipinski definition) is 3. The summed E-state index contributed by atoms with van der Waals surface area (Å²) in [5.41, 5.74) is -0.266. The lowest BCUT2D eigenvalue weighted by Crippen LogP contribution is -2.32. The van der Waals surface area contributed by atoms with Crippen LogP contribution in [0.4, 0.5) is 0 Å². The highest BCUT2D eigenvalue weighted by molar-refractivity contribution is 6.31. The summed E-state index contributed by atoms with van der Waals surface area (Å²) in [6, 6.07) is 0.178. The van der Waals surface area contributed by atoms with E-state index in [4.69, 9.17) is 11.6 Å². The number of aliphatic hydroxyl groups is 1. The van der Waals surface area contributed by atoms with E-state index >= 15 is 0 Å². The van der Waals surface area contributed by atoms with Gasteiger partial charge in [0.1, 0.15) is 5.60 Å². The second-order valence-electron chi connectivity index (χ2n) is 6.00. The number of rotatable bonds is 7. The predicted molar refractivity (Wildman–Crippen MR) is 79.5 cm³/mol. The third kappa shape index (κ3) is 4.48. The molecule has 110 valence electrons. The summed E-state index contributed by atoms with van der Waals surface area (Å²) < 4.78 is 1.80. The smallest absolute Gasteiger partial charge is 0.106 e. The molecular weight excluding hydrogens is 262 g/mol. The fraction of sp³-hybridized carbons (Fsp3) is 0.786. The van der Waals surface area contributed by atoms with Crippen LogP contribution in [-0.2, 0) is 5.60 Å². The average Bonchev–Trinajstić information content (AvgIpc) is 2.67. The van der Waals surface area contributed by atoms with E-state index in [2.05, 4.69) is 24.3 Å². The standard InChI is InChI=1S/C14H26ClN3O/c1-10(2)8-16-7-6-14(5,19)13-12(15)9-17-18(13)11(3)4/h9-11,16,19H,6-8H2,1-5H3. The van der Waals surface area contributed by atoms with Gasteiger partial charge < -0.3 is 10.4 Å². The van der Waals surface area contributed by atoms with Crippen molar-refractivity contribution in [2.24, 2.45) is 5.92 Å². The molecule has 0 bridgehead atoms. The van der Waals surface area contributed by atoms with E-state index in [9.17, 15) is 5.11 Å². The van der Waals surface area contributed by atoms with Gasteiger partial charge in [-0.3, -0.25) is 4.68 Å². The highest BCUT2D eigenvalue weighted by atomic mass is 35.5. The van der Waals surface area contributed by atoms with Gasteiger partial charge in [-0.05, 0) is 46.2 Å². The third-order valence-corrected chi connectivity index (χ3v) is 3.37. The van der Waals surface area contributed by atoms with E-state index in [-0.39, 0.29) is 6.04 Å². The van der Waals surface area contributed by atoms with Crippen LogP contribution in [0.15, 0.2) is 6.20 Å². The minimum absolute atomic E-state index is 0.178. The van der Waals surface area contributed by atoms with E-state index in [0.29, 0.717) is 23.1 Å². The summed E-state index contributed by atoms with van der Waals surface area (Å²) in [7, 11) is 0. The zero-order valence-corrected chi connectivity index (χ0v) is 13.3. The molecule has 1 heterocycles. The molecular formula is C14H26ClN3O. The Labute approximate surface area is 121 Å². The number of aromatic nitrogens is 2. The van der Waals surface area contributed by atoms with Crippen molar-refractivity contribution in [1.82, 2.24) is 15.1 Å². The summed E-state index contributed by atoms with van der Waals surface area (Å²) >= 11 is 6.17. The van der Waals surface area contributed by atoms with Gasteiger partial charge in [0.05, 0.1) is 16.9 Å². The van der Waals surface area contributed by atoms with Crippen LogP contribution in [-0.4, -0.2) is 28.0 Å². The summed E-state index contributed by atoms with van der Waals surface area (Å²) in [5, 5.41) is 18.8. The first-order valence-electron chi connectivity index (χ1n) is 6.92. The second kappa shape index (κ2) is 6.73. The summed E-state index contributed by atoms with van der Waals surface area (Å²) in [6.07, 6.45) is 2.21. The van der Waals surface area contributed by atoms with Gasteiger partial charge in [0.15, 0.2) is 0 Å². The van der Waals surface area contributed by atoms with Crippen molar-refractivity contribution in [1.29, 1.82) is 0 Å². The topological polar surface area (TPSA) is 50.1 Å². The number of nitrogens with one attached hydrogen (secondary N) is 1. The summed E-state index contributed by atoms with van der Waals surface area (Å²) in [6.45, 7) is 11.9. The fourth-order valence-electron chi connectivity index (χ4n) is 2.08. The van der Waals surface area contributed by atoms with E-state index in [1.807, 2.05) is 13.8 Å². The van der Waals surface area contributed by atoms with Crippen LogP contribution >= 0.6 is 11.6 Å². The molecule has 0 saturated carbocycles. The largest absolute Gasteiger partial charge is 0.384 e. The molecule has 1 aromatic heterocycles. The first kappa shape index (κ1) is 16.5. The van der Waals surface area contributed by atoms with Crippen LogP contribution in [0.2, 0.25) is 5.02 Å². The van der Waals surface area contributed by atoms with Gasteiger partial charge in [-0.2, -0.15) is 5.10 Å². The Balaban J connectivity index is 2.73. The van der Waals surface area contributed by atoms with Crippen LogP contribution in [0.3, 0.4) is 0 Å². The minimum Gasteiger partial charge on any atom is -0.384 e.